The zero-order valence-electron chi connectivity index (χ0n) is 5.00. The summed E-state index contributed by atoms with van der Waals surface area (Å²) in [6, 6.07) is 0. The third-order valence-electron chi connectivity index (χ3n) is 0.716. The Kier molecular flexibility index (Phi) is 3.46. The zero-order valence-corrected chi connectivity index (χ0v) is 6.58. The lowest BCUT2D eigenvalue weighted by Gasteiger charge is -1.85. The van der Waals surface area contributed by atoms with Crippen LogP contribution >= 0.6 is 15.9 Å². The molecule has 0 atom stereocenters. The van der Waals surface area contributed by atoms with E-state index in [1.165, 1.54) is 0 Å². The van der Waals surface area contributed by atoms with Crippen LogP contribution in [0.15, 0.2) is 0 Å². The van der Waals surface area contributed by atoms with Gasteiger partial charge >= 0.3 is 0 Å². The van der Waals surface area contributed by atoms with Crippen molar-refractivity contribution in [1.82, 2.24) is 0 Å². The number of ketones is 3. The minimum atomic E-state index is -1.62. The Hall–Kier alpha value is -1.17. The molecule has 0 unspecified atom stereocenters. The molecule has 0 fully saturated rings. The fourth-order valence-electron chi connectivity index (χ4n) is 0.255. The van der Waals surface area contributed by atoms with Crippen LogP contribution < -0.4 is 0 Å². The second-order valence-corrected chi connectivity index (χ2v) is 2.13. The van der Waals surface area contributed by atoms with Gasteiger partial charge in [0.1, 0.15) is 0 Å². The largest absolute Gasteiger partial charge is 0.294 e. The SMILES string of the molecule is O=CC(=O)C(=O)C(=O)C(=O)Br. The lowest BCUT2D eigenvalue weighted by molar-refractivity contribution is -0.147. The van der Waals surface area contributed by atoms with Crippen molar-refractivity contribution in [2.75, 3.05) is 0 Å². The molecule has 0 aromatic carbocycles. The van der Waals surface area contributed by atoms with Crippen LogP contribution in [0.5, 0.6) is 0 Å². The highest BCUT2D eigenvalue weighted by molar-refractivity contribution is 9.19. The van der Waals surface area contributed by atoms with E-state index >= 15 is 0 Å². The van der Waals surface area contributed by atoms with Gasteiger partial charge in [-0.05, 0) is 0 Å². The van der Waals surface area contributed by atoms with Crippen LogP contribution in [0.3, 0.4) is 0 Å². The average molecular weight is 221 g/mol. The highest BCUT2D eigenvalue weighted by Crippen LogP contribution is 1.88. The summed E-state index contributed by atoms with van der Waals surface area (Å²) < 4.78 is -1.24. The quantitative estimate of drug-likeness (QED) is 0.258. The minimum Gasteiger partial charge on any atom is -0.294 e. The first-order chi connectivity index (χ1) is 5.00. The third kappa shape index (κ3) is 2.50. The predicted octanol–water partition coefficient (Wildman–Crippen LogP) is -1.19. The standard InChI is InChI=1S/C5HBrO5/c6-5(11)4(10)3(9)2(8)1-7/h1H. The van der Waals surface area contributed by atoms with Crippen molar-refractivity contribution in [3.05, 3.63) is 0 Å². The van der Waals surface area contributed by atoms with E-state index in [1.807, 2.05) is 0 Å². The highest BCUT2D eigenvalue weighted by Gasteiger charge is 2.26. The first-order valence-electron chi connectivity index (χ1n) is 2.28. The van der Waals surface area contributed by atoms with E-state index in [2.05, 4.69) is 15.9 Å². The van der Waals surface area contributed by atoms with Gasteiger partial charge in [0.05, 0.1) is 0 Å². The molecule has 0 bridgehead atoms. The molecule has 0 heterocycles. The first-order valence-corrected chi connectivity index (χ1v) is 3.07. The Morgan fingerprint density at radius 2 is 1.45 bits per heavy atom. The summed E-state index contributed by atoms with van der Waals surface area (Å²) in [6.45, 7) is 0. The minimum absolute atomic E-state index is 0.323. The van der Waals surface area contributed by atoms with Crippen molar-refractivity contribution >= 4 is 44.3 Å². The molecule has 58 valence electrons. The summed E-state index contributed by atoms with van der Waals surface area (Å²) in [5.41, 5.74) is 0. The van der Waals surface area contributed by atoms with Gasteiger partial charge in [-0.1, -0.05) is 0 Å². The lowest BCUT2D eigenvalue weighted by Crippen LogP contribution is -2.28. The number of carbonyl (C=O) groups excluding carboxylic acids is 5. The Morgan fingerprint density at radius 3 is 1.73 bits per heavy atom. The monoisotopic (exact) mass is 220 g/mol. The number of Topliss-reactive ketones (excluding diaryl/α,β-unsaturated/α-hetero) is 3. The molecule has 0 N–H and O–H groups in total. The van der Waals surface area contributed by atoms with Crippen LogP contribution in [0.4, 0.5) is 0 Å². The molecule has 6 heteroatoms. The molecule has 0 saturated carbocycles. The molecule has 5 nitrogen and oxygen atoms in total. The van der Waals surface area contributed by atoms with Crippen molar-refractivity contribution in [2.45, 2.75) is 0 Å². The molecular weight excluding hydrogens is 220 g/mol. The summed E-state index contributed by atoms with van der Waals surface area (Å²) in [4.78, 5) is 50.5. The molecule has 0 saturated heterocycles. The van der Waals surface area contributed by atoms with Crippen LogP contribution in [0, 0.1) is 0 Å². The maximum absolute atomic E-state index is 10.3. The Bertz CT molecular complexity index is 254. The number of halogens is 1. The van der Waals surface area contributed by atoms with Gasteiger partial charge in [-0.15, -0.1) is 0 Å². The smallest absolute Gasteiger partial charge is 0.284 e. The summed E-state index contributed by atoms with van der Waals surface area (Å²) in [5, 5.41) is 0. The molecule has 0 aliphatic heterocycles. The van der Waals surface area contributed by atoms with Crippen molar-refractivity contribution in [3.8, 4) is 0 Å². The molecule has 0 aromatic rings. The van der Waals surface area contributed by atoms with Crippen LogP contribution in [0.25, 0.3) is 0 Å². The van der Waals surface area contributed by atoms with E-state index in [4.69, 9.17) is 0 Å². The predicted molar refractivity (Wildman–Crippen MR) is 35.0 cm³/mol. The molecule has 0 aromatic heterocycles. The van der Waals surface area contributed by atoms with E-state index < -0.39 is 22.0 Å². The van der Waals surface area contributed by atoms with Crippen molar-refractivity contribution < 1.29 is 24.0 Å². The van der Waals surface area contributed by atoms with Crippen LogP contribution in [0.1, 0.15) is 0 Å². The van der Waals surface area contributed by atoms with Crippen LogP contribution in [-0.2, 0) is 24.0 Å². The topological polar surface area (TPSA) is 85.3 Å². The second-order valence-electron chi connectivity index (χ2n) is 1.41. The molecule has 0 radical (unpaired) electrons. The molecule has 0 amide bonds. The van der Waals surface area contributed by atoms with Gasteiger partial charge in [-0.25, -0.2) is 0 Å². The summed E-state index contributed by atoms with van der Waals surface area (Å²) >= 11 is 2.16. The molecule has 0 spiro atoms. The van der Waals surface area contributed by atoms with Gasteiger partial charge in [-0.2, -0.15) is 0 Å². The molecule has 11 heavy (non-hydrogen) atoms. The summed E-state index contributed by atoms with van der Waals surface area (Å²) in [7, 11) is 0. The van der Waals surface area contributed by atoms with Gasteiger partial charge in [0.15, 0.2) is 6.29 Å². The van der Waals surface area contributed by atoms with Crippen molar-refractivity contribution in [1.29, 1.82) is 0 Å². The first kappa shape index (κ1) is 9.83. The van der Waals surface area contributed by atoms with Crippen LogP contribution in [-0.4, -0.2) is 28.3 Å². The van der Waals surface area contributed by atoms with E-state index in [9.17, 15) is 24.0 Å². The third-order valence-corrected chi connectivity index (χ3v) is 1.08. The highest BCUT2D eigenvalue weighted by atomic mass is 79.9. The van der Waals surface area contributed by atoms with Gasteiger partial charge in [0, 0.05) is 15.9 Å². The Morgan fingerprint density at radius 1 is 1.00 bits per heavy atom. The van der Waals surface area contributed by atoms with E-state index in [-0.39, 0.29) is 6.29 Å². The average Bonchev–Trinajstić information content (AvgIpc) is 2.00. The van der Waals surface area contributed by atoms with E-state index in [1.54, 1.807) is 0 Å². The zero-order chi connectivity index (χ0) is 9.02. The Balaban J connectivity index is 4.51. The summed E-state index contributed by atoms with van der Waals surface area (Å²) in [6.07, 6.45) is -0.323. The number of rotatable bonds is 4. The number of carbonyl (C=O) groups is 5. The molecule has 0 rings (SSSR count). The normalized spacial score (nSPS) is 8.45. The van der Waals surface area contributed by atoms with Gasteiger partial charge in [-0.3, -0.25) is 24.0 Å². The molecular formula is C5HBrO5. The van der Waals surface area contributed by atoms with Crippen molar-refractivity contribution in [3.63, 3.8) is 0 Å². The number of hydrogen-bond acceptors (Lipinski definition) is 5. The number of aldehydes is 1. The van der Waals surface area contributed by atoms with E-state index in [0.717, 1.165) is 0 Å². The van der Waals surface area contributed by atoms with E-state index in [0.29, 0.717) is 0 Å². The van der Waals surface area contributed by atoms with Gasteiger partial charge < -0.3 is 0 Å². The van der Waals surface area contributed by atoms with Crippen molar-refractivity contribution in [2.24, 2.45) is 0 Å². The fraction of sp³-hybridized carbons (Fsp3) is 0. The van der Waals surface area contributed by atoms with Gasteiger partial charge in [0.2, 0.25) is 0 Å². The second kappa shape index (κ2) is 3.87. The van der Waals surface area contributed by atoms with Crippen LogP contribution in [0.2, 0.25) is 0 Å². The fourth-order valence-corrected chi connectivity index (χ4v) is 0.435. The maximum Gasteiger partial charge on any atom is 0.284 e. The number of hydrogen-bond donors (Lipinski definition) is 0. The summed E-state index contributed by atoms with van der Waals surface area (Å²) in [5.74, 6) is -4.69. The maximum atomic E-state index is 10.3. The molecule has 0 aliphatic carbocycles. The Labute approximate surface area is 68.9 Å². The van der Waals surface area contributed by atoms with Gasteiger partial charge in [0.25, 0.3) is 22.0 Å². The lowest BCUT2D eigenvalue weighted by atomic mass is 10.2. The molecule has 0 aliphatic rings.